The number of pyridine rings is 1. The van der Waals surface area contributed by atoms with Gasteiger partial charge >= 0.3 is 0 Å². The monoisotopic (exact) mass is 380 g/mol. The Balaban J connectivity index is 0.000000701. The molecule has 3 rings (SSSR count). The number of hydrogen-bond acceptors (Lipinski definition) is 3. The summed E-state index contributed by atoms with van der Waals surface area (Å²) in [5, 5.41) is 2.50. The number of aromatic nitrogens is 1. The molecule has 1 fully saturated rings. The van der Waals surface area contributed by atoms with Crippen molar-refractivity contribution in [3.8, 4) is 0 Å². The average molecular weight is 381 g/mol. The highest BCUT2D eigenvalue weighted by atomic mass is 35.5. The fourth-order valence-corrected chi connectivity index (χ4v) is 4.78. The summed E-state index contributed by atoms with van der Waals surface area (Å²) in [6, 6.07) is 5.41. The van der Waals surface area contributed by atoms with Gasteiger partial charge in [-0.3, -0.25) is 4.79 Å². The van der Waals surface area contributed by atoms with Gasteiger partial charge in [-0.05, 0) is 57.1 Å². The molecular formula is C20H29ClN2OS. The van der Waals surface area contributed by atoms with Gasteiger partial charge in [0.05, 0.1) is 10.5 Å². The first kappa shape index (κ1) is 20.3. The van der Waals surface area contributed by atoms with Crippen LogP contribution < -0.4 is 5.56 Å². The van der Waals surface area contributed by atoms with Crippen LogP contribution in [-0.4, -0.2) is 35.3 Å². The number of nitrogens with zero attached hydrogens (tertiary/aromatic N) is 1. The molecule has 5 heteroatoms. The van der Waals surface area contributed by atoms with E-state index < -0.39 is 0 Å². The van der Waals surface area contributed by atoms with Crippen LogP contribution in [0.4, 0.5) is 0 Å². The van der Waals surface area contributed by atoms with Crippen LogP contribution in [0.25, 0.3) is 10.9 Å². The van der Waals surface area contributed by atoms with Gasteiger partial charge in [-0.25, -0.2) is 0 Å². The van der Waals surface area contributed by atoms with Gasteiger partial charge in [0, 0.05) is 21.6 Å². The molecule has 3 nitrogen and oxygen atoms in total. The van der Waals surface area contributed by atoms with E-state index in [1.807, 2.05) is 23.9 Å². The standard InChI is InChI=1S/C17H21ClN2OS.C3H8/c1-3-12-13-4-5-16(21)19-15(13)10-14(18)17(12)22-11-6-8-20(2)9-7-11;1-3-2/h4-5,10-11H,3,6-9H2,1-2H3,(H,19,21);3H2,1-2H3. The molecule has 1 aromatic carbocycles. The Morgan fingerprint density at radius 3 is 2.48 bits per heavy atom. The van der Waals surface area contributed by atoms with Crippen molar-refractivity contribution in [2.24, 2.45) is 0 Å². The first-order chi connectivity index (χ1) is 12.0. The van der Waals surface area contributed by atoms with Crippen LogP contribution in [0.3, 0.4) is 0 Å². The third-order valence-electron chi connectivity index (χ3n) is 4.34. The molecule has 0 spiro atoms. The summed E-state index contributed by atoms with van der Waals surface area (Å²) in [7, 11) is 2.18. The summed E-state index contributed by atoms with van der Waals surface area (Å²) in [5.41, 5.74) is 2.01. The molecule has 1 N–H and O–H groups in total. The van der Waals surface area contributed by atoms with E-state index in [-0.39, 0.29) is 5.56 Å². The van der Waals surface area contributed by atoms with Crippen molar-refractivity contribution in [3.05, 3.63) is 39.1 Å². The number of piperidine rings is 1. The van der Waals surface area contributed by atoms with Crippen LogP contribution >= 0.6 is 23.4 Å². The van der Waals surface area contributed by atoms with Crippen molar-refractivity contribution in [2.75, 3.05) is 20.1 Å². The Kier molecular flexibility index (Phi) is 7.85. The zero-order valence-corrected chi connectivity index (χ0v) is 17.3. The van der Waals surface area contributed by atoms with Crippen molar-refractivity contribution in [1.29, 1.82) is 0 Å². The maximum absolute atomic E-state index is 11.5. The predicted molar refractivity (Wildman–Crippen MR) is 111 cm³/mol. The second-order valence-electron chi connectivity index (χ2n) is 6.63. The number of H-pyrrole nitrogens is 1. The van der Waals surface area contributed by atoms with Gasteiger partial charge in [0.2, 0.25) is 5.56 Å². The van der Waals surface area contributed by atoms with Gasteiger partial charge in [0.1, 0.15) is 0 Å². The number of aromatic amines is 1. The van der Waals surface area contributed by atoms with Gasteiger partial charge in [-0.1, -0.05) is 38.8 Å². The Labute approximate surface area is 160 Å². The van der Waals surface area contributed by atoms with Crippen LogP contribution in [0.15, 0.2) is 27.9 Å². The lowest BCUT2D eigenvalue weighted by atomic mass is 10.1. The molecule has 0 amide bonds. The number of hydrogen-bond donors (Lipinski definition) is 1. The minimum Gasteiger partial charge on any atom is -0.322 e. The van der Waals surface area contributed by atoms with Crippen LogP contribution in [0.5, 0.6) is 0 Å². The summed E-state index contributed by atoms with van der Waals surface area (Å²) in [4.78, 5) is 18.0. The zero-order valence-electron chi connectivity index (χ0n) is 15.7. The Hall–Kier alpha value is -0.970. The third-order valence-corrected chi connectivity index (χ3v) is 6.26. The minimum atomic E-state index is -0.0821. The molecule has 2 aromatic rings. The van der Waals surface area contributed by atoms with Crippen molar-refractivity contribution in [2.45, 2.75) is 56.6 Å². The van der Waals surface area contributed by atoms with Crippen LogP contribution in [0.2, 0.25) is 5.02 Å². The average Bonchev–Trinajstić information content (AvgIpc) is 2.58. The highest BCUT2D eigenvalue weighted by Crippen LogP contribution is 2.40. The smallest absolute Gasteiger partial charge is 0.248 e. The number of benzene rings is 1. The molecule has 2 heterocycles. The van der Waals surface area contributed by atoms with Crippen LogP contribution in [0.1, 0.15) is 45.6 Å². The molecule has 0 radical (unpaired) electrons. The Morgan fingerprint density at radius 2 is 1.88 bits per heavy atom. The minimum absolute atomic E-state index is 0.0821. The normalized spacial score (nSPS) is 15.9. The maximum atomic E-state index is 11.5. The van der Waals surface area contributed by atoms with E-state index in [1.165, 1.54) is 29.7 Å². The Morgan fingerprint density at radius 1 is 1.24 bits per heavy atom. The number of thioether (sulfide) groups is 1. The maximum Gasteiger partial charge on any atom is 0.248 e. The molecule has 0 aliphatic carbocycles. The second-order valence-corrected chi connectivity index (χ2v) is 8.35. The lowest BCUT2D eigenvalue weighted by Gasteiger charge is -2.29. The Bertz CT molecular complexity index is 751. The zero-order chi connectivity index (χ0) is 18.4. The fourth-order valence-electron chi connectivity index (χ4n) is 3.07. The van der Waals surface area contributed by atoms with E-state index in [4.69, 9.17) is 11.6 Å². The highest BCUT2D eigenvalue weighted by Gasteiger charge is 2.21. The predicted octanol–water partition coefficient (Wildman–Crippen LogP) is 5.35. The van der Waals surface area contributed by atoms with Crippen molar-refractivity contribution in [3.63, 3.8) is 0 Å². The van der Waals surface area contributed by atoms with Crippen LogP contribution in [0, 0.1) is 0 Å². The molecule has 0 saturated carbocycles. The second kappa shape index (κ2) is 9.65. The van der Waals surface area contributed by atoms with E-state index in [0.717, 1.165) is 35.4 Å². The quantitative estimate of drug-likeness (QED) is 0.779. The molecule has 0 unspecified atom stereocenters. The number of halogens is 1. The lowest BCUT2D eigenvalue weighted by Crippen LogP contribution is -2.31. The molecule has 0 atom stereocenters. The number of rotatable bonds is 3. The van der Waals surface area contributed by atoms with Crippen molar-refractivity contribution in [1.82, 2.24) is 9.88 Å². The first-order valence-corrected chi connectivity index (χ1v) is 10.4. The van der Waals surface area contributed by atoms with Gasteiger partial charge in [0.15, 0.2) is 0 Å². The molecule has 25 heavy (non-hydrogen) atoms. The molecule has 1 aliphatic heterocycles. The van der Waals surface area contributed by atoms with Gasteiger partial charge in [0.25, 0.3) is 0 Å². The summed E-state index contributed by atoms with van der Waals surface area (Å²) in [5.74, 6) is 0. The number of nitrogens with one attached hydrogen (secondary N) is 1. The summed E-state index contributed by atoms with van der Waals surface area (Å²) in [6.07, 6.45) is 4.56. The summed E-state index contributed by atoms with van der Waals surface area (Å²) >= 11 is 8.45. The number of likely N-dealkylation sites (tertiary alicyclic amines) is 1. The molecular weight excluding hydrogens is 352 g/mol. The SMILES string of the molecule is CCC.CCc1c(SC2CCN(C)CC2)c(Cl)cc2[nH]c(=O)ccc12. The molecule has 0 bridgehead atoms. The van der Waals surface area contributed by atoms with Crippen LogP contribution in [-0.2, 0) is 6.42 Å². The number of fused-ring (bicyclic) bond motifs is 1. The first-order valence-electron chi connectivity index (χ1n) is 9.19. The lowest BCUT2D eigenvalue weighted by molar-refractivity contribution is 0.282. The summed E-state index contributed by atoms with van der Waals surface area (Å²) in [6.45, 7) is 8.70. The summed E-state index contributed by atoms with van der Waals surface area (Å²) < 4.78 is 0. The highest BCUT2D eigenvalue weighted by molar-refractivity contribution is 8.00. The molecule has 1 aliphatic rings. The van der Waals surface area contributed by atoms with Gasteiger partial charge in [-0.15, -0.1) is 11.8 Å². The van der Waals surface area contributed by atoms with E-state index in [9.17, 15) is 4.79 Å². The van der Waals surface area contributed by atoms with Crippen molar-refractivity contribution < 1.29 is 0 Å². The van der Waals surface area contributed by atoms with Crippen molar-refractivity contribution >= 4 is 34.3 Å². The molecule has 1 saturated heterocycles. The largest absolute Gasteiger partial charge is 0.322 e. The van der Waals surface area contributed by atoms with Gasteiger partial charge in [-0.2, -0.15) is 0 Å². The topological polar surface area (TPSA) is 36.1 Å². The van der Waals surface area contributed by atoms with Gasteiger partial charge < -0.3 is 9.88 Å². The number of aryl methyl sites for hydroxylation is 1. The van der Waals surface area contributed by atoms with E-state index in [1.54, 1.807) is 6.07 Å². The fraction of sp³-hybridized carbons (Fsp3) is 0.550. The van der Waals surface area contributed by atoms with E-state index >= 15 is 0 Å². The molecule has 138 valence electrons. The van der Waals surface area contributed by atoms with E-state index in [0.29, 0.717) is 5.25 Å². The molecule has 1 aromatic heterocycles. The third kappa shape index (κ3) is 5.25. The van der Waals surface area contributed by atoms with E-state index in [2.05, 4.69) is 37.7 Å².